The van der Waals surface area contributed by atoms with Gasteiger partial charge >= 0.3 is 18.3 Å². The van der Waals surface area contributed by atoms with Crippen LogP contribution in [0.25, 0.3) is 22.6 Å². The summed E-state index contributed by atoms with van der Waals surface area (Å²) in [6.45, 7) is 6.69. The predicted molar refractivity (Wildman–Crippen MR) is 133 cm³/mol. The van der Waals surface area contributed by atoms with Crippen LogP contribution >= 0.6 is 0 Å². The number of ether oxygens (including phenoxy) is 1. The summed E-state index contributed by atoms with van der Waals surface area (Å²) in [5.74, 6) is -5.63. The number of nitrogens with zero attached hydrogens (tertiary/aromatic N) is 7. The average Bonchev–Trinajstić information content (AvgIpc) is 3.53. The summed E-state index contributed by atoms with van der Waals surface area (Å²) in [5.41, 5.74) is -3.98. The van der Waals surface area contributed by atoms with Crippen LogP contribution in [0, 0.1) is 6.92 Å². The van der Waals surface area contributed by atoms with Crippen LogP contribution in [0.1, 0.15) is 11.4 Å². The summed E-state index contributed by atoms with van der Waals surface area (Å²) in [7, 11) is -1.32. The molecule has 18 heteroatoms. The van der Waals surface area contributed by atoms with Gasteiger partial charge in [0.25, 0.3) is 5.56 Å². The summed E-state index contributed by atoms with van der Waals surface area (Å²) in [6, 6.07) is 0.918. The molecule has 4 heterocycles. The number of aromatic nitrogens is 7. The van der Waals surface area contributed by atoms with Crippen LogP contribution < -0.4 is 5.56 Å². The van der Waals surface area contributed by atoms with E-state index in [-0.39, 0.29) is 17.1 Å². The molecule has 0 atom stereocenters. The highest BCUT2D eigenvalue weighted by atomic mass is 28.3. The van der Waals surface area contributed by atoms with Crippen molar-refractivity contribution in [3.8, 4) is 16.8 Å². The van der Waals surface area contributed by atoms with Gasteiger partial charge in [-0.3, -0.25) is 18.4 Å². The smallest absolute Gasteiger partial charge is 0.360 e. The number of hydrogen-bond donors (Lipinski definition) is 0. The van der Waals surface area contributed by atoms with Crippen molar-refractivity contribution in [3.63, 3.8) is 0 Å². The zero-order valence-corrected chi connectivity index (χ0v) is 23.2. The van der Waals surface area contributed by atoms with Crippen molar-refractivity contribution in [3.05, 3.63) is 52.7 Å². The third-order valence-electron chi connectivity index (χ3n) is 6.03. The summed E-state index contributed by atoms with van der Waals surface area (Å²) in [5, 5.41) is 7.47. The Kier molecular flexibility index (Phi) is 7.70. The molecule has 4 aromatic rings. The van der Waals surface area contributed by atoms with E-state index in [1.54, 1.807) is 0 Å². The second-order valence-electron chi connectivity index (χ2n) is 10.6. The number of fused-ring (bicyclic) bond motifs is 1. The minimum absolute atomic E-state index is 0.0887. The van der Waals surface area contributed by atoms with E-state index < -0.39 is 61.1 Å². The van der Waals surface area contributed by atoms with Gasteiger partial charge in [0.05, 0.1) is 29.8 Å². The Labute approximate surface area is 228 Å². The molecule has 0 aliphatic carbocycles. The molecule has 9 nitrogen and oxygen atoms in total. The fraction of sp³-hybridized carbons (Fsp3) is 0.478. The van der Waals surface area contributed by atoms with Crippen LogP contribution in [0.15, 0.2) is 35.8 Å². The monoisotopic (exact) mass is 611 g/mol. The highest BCUT2D eigenvalue weighted by molar-refractivity contribution is 6.76. The summed E-state index contributed by atoms with van der Waals surface area (Å²) < 4.78 is 116. The van der Waals surface area contributed by atoms with E-state index in [1.807, 2.05) is 0 Å². The van der Waals surface area contributed by atoms with Gasteiger partial charge in [0, 0.05) is 38.3 Å². The Hall–Kier alpha value is -3.54. The molecule has 0 bridgehead atoms. The Morgan fingerprint density at radius 1 is 0.927 bits per heavy atom. The fourth-order valence-corrected chi connectivity index (χ4v) is 4.69. The topological polar surface area (TPSA) is 84.2 Å². The molecule has 224 valence electrons. The lowest BCUT2D eigenvalue weighted by atomic mass is 10.1. The van der Waals surface area contributed by atoms with Crippen molar-refractivity contribution in [1.29, 1.82) is 0 Å². The third-order valence-corrected chi connectivity index (χ3v) is 7.73. The third kappa shape index (κ3) is 6.37. The van der Waals surface area contributed by atoms with Gasteiger partial charge in [0.1, 0.15) is 13.3 Å². The zero-order valence-electron chi connectivity index (χ0n) is 22.2. The zero-order chi connectivity index (χ0) is 30.5. The van der Waals surface area contributed by atoms with E-state index in [2.05, 4.69) is 34.8 Å². The molecule has 4 aromatic heterocycles. The lowest BCUT2D eigenvalue weighted by molar-refractivity contribution is -0.287. The number of alkyl halides is 8. The molecule has 41 heavy (non-hydrogen) atoms. The predicted octanol–water partition coefficient (Wildman–Crippen LogP) is 5.38. The fourth-order valence-electron chi connectivity index (χ4n) is 3.93. The first-order valence-corrected chi connectivity index (χ1v) is 15.8. The molecular weight excluding hydrogens is 586 g/mol. The normalized spacial score (nSPS) is 13.5. The standard InChI is InChI=1S/C23H25F8N7O2Si/c1-14-9-37-19(39)17(15-7-32-35(10-15)12-21(24,25)23(29,30)31)18(22(26,27)28)34-20(37)38(14)16-8-33-36(11-16)13-40-5-6-41(2,3)4/h7-11H,5-6,12-13H2,1-4H3. The van der Waals surface area contributed by atoms with E-state index in [1.165, 1.54) is 34.8 Å². The van der Waals surface area contributed by atoms with Gasteiger partial charge in [-0.25, -0.2) is 9.67 Å². The van der Waals surface area contributed by atoms with E-state index in [0.29, 0.717) is 24.7 Å². The van der Waals surface area contributed by atoms with Crippen molar-refractivity contribution in [1.82, 2.24) is 33.5 Å². The summed E-state index contributed by atoms with van der Waals surface area (Å²) in [4.78, 5) is 17.0. The van der Waals surface area contributed by atoms with Crippen LogP contribution in [0.4, 0.5) is 35.1 Å². The first-order chi connectivity index (χ1) is 18.8. The van der Waals surface area contributed by atoms with Gasteiger partial charge in [-0.05, 0) is 13.0 Å². The molecule has 0 radical (unpaired) electrons. The maximum atomic E-state index is 14.1. The van der Waals surface area contributed by atoms with Crippen LogP contribution in [0.2, 0.25) is 25.7 Å². The second-order valence-corrected chi connectivity index (χ2v) is 16.3. The van der Waals surface area contributed by atoms with Crippen LogP contribution in [-0.4, -0.2) is 60.3 Å². The number of rotatable bonds is 9. The Morgan fingerprint density at radius 3 is 2.20 bits per heavy atom. The highest BCUT2D eigenvalue weighted by Gasteiger charge is 2.57. The summed E-state index contributed by atoms with van der Waals surface area (Å²) >= 11 is 0. The molecule has 0 spiro atoms. The lowest BCUT2D eigenvalue weighted by Crippen LogP contribution is -2.40. The molecule has 0 amide bonds. The first kappa shape index (κ1) is 30.4. The average molecular weight is 612 g/mol. The minimum Gasteiger partial charge on any atom is -0.360 e. The Bertz CT molecular complexity index is 1610. The molecule has 0 unspecified atom stereocenters. The van der Waals surface area contributed by atoms with Gasteiger partial charge in [0.15, 0.2) is 5.69 Å². The molecule has 0 aromatic carbocycles. The van der Waals surface area contributed by atoms with Crippen LogP contribution in [0.3, 0.4) is 0 Å². The van der Waals surface area contributed by atoms with Crippen LogP contribution in [-0.2, 0) is 24.2 Å². The van der Waals surface area contributed by atoms with E-state index in [9.17, 15) is 39.9 Å². The molecule has 4 rings (SSSR count). The SMILES string of the molecule is Cc1cn2c(=O)c(-c3cnn(CC(F)(F)C(F)(F)F)c3)c(C(F)(F)F)nc2n1-c1cnn(COCC[Si](C)(C)C)c1. The Balaban J connectivity index is 1.74. The molecule has 0 fully saturated rings. The minimum atomic E-state index is -5.91. The number of imidazole rings is 1. The van der Waals surface area contributed by atoms with Gasteiger partial charge in [-0.15, -0.1) is 0 Å². The molecule has 0 aliphatic rings. The number of hydrogen-bond acceptors (Lipinski definition) is 5. The van der Waals surface area contributed by atoms with E-state index in [4.69, 9.17) is 4.74 Å². The maximum Gasteiger partial charge on any atom is 0.455 e. The van der Waals surface area contributed by atoms with Crippen molar-refractivity contribution < 1.29 is 39.9 Å². The van der Waals surface area contributed by atoms with E-state index >= 15 is 0 Å². The highest BCUT2D eigenvalue weighted by Crippen LogP contribution is 2.38. The quantitative estimate of drug-likeness (QED) is 0.144. The second kappa shape index (κ2) is 10.4. The van der Waals surface area contributed by atoms with E-state index in [0.717, 1.165) is 10.4 Å². The molecule has 0 saturated carbocycles. The van der Waals surface area contributed by atoms with Crippen LogP contribution in [0.5, 0.6) is 0 Å². The van der Waals surface area contributed by atoms with Crippen molar-refractivity contribution >= 4 is 13.9 Å². The van der Waals surface area contributed by atoms with Crippen molar-refractivity contribution in [2.45, 2.75) is 64.2 Å². The molecule has 0 N–H and O–H groups in total. The number of halogens is 8. The Morgan fingerprint density at radius 2 is 1.59 bits per heavy atom. The number of aryl methyl sites for hydroxylation is 1. The maximum absolute atomic E-state index is 14.1. The molecule has 0 saturated heterocycles. The van der Waals surface area contributed by atoms with Gasteiger partial charge in [0.2, 0.25) is 5.78 Å². The van der Waals surface area contributed by atoms with Gasteiger partial charge in [-0.1, -0.05) is 19.6 Å². The summed E-state index contributed by atoms with van der Waals surface area (Å²) in [6.07, 6.45) is -5.92. The largest absolute Gasteiger partial charge is 0.455 e. The lowest BCUT2D eigenvalue weighted by Gasteiger charge is -2.19. The van der Waals surface area contributed by atoms with Crippen molar-refractivity contribution in [2.24, 2.45) is 0 Å². The van der Waals surface area contributed by atoms with Gasteiger partial charge < -0.3 is 4.74 Å². The molecular formula is C23H25F8N7O2Si. The van der Waals surface area contributed by atoms with Gasteiger partial charge in [-0.2, -0.15) is 45.3 Å². The molecule has 0 aliphatic heterocycles. The first-order valence-electron chi connectivity index (χ1n) is 12.1. The van der Waals surface area contributed by atoms with Crippen molar-refractivity contribution in [2.75, 3.05) is 6.61 Å².